The Hall–Kier alpha value is -2.04. The molecule has 4 heterocycles. The number of piperidine rings is 1. The fraction of sp³-hybridized carbons (Fsp3) is 0.684. The van der Waals surface area contributed by atoms with Gasteiger partial charge in [-0.1, -0.05) is 11.3 Å². The Labute approximate surface area is 173 Å². The predicted octanol–water partition coefficient (Wildman–Crippen LogP) is 0.514. The van der Waals surface area contributed by atoms with Gasteiger partial charge in [0.15, 0.2) is 0 Å². The van der Waals surface area contributed by atoms with Crippen molar-refractivity contribution < 1.29 is 9.53 Å². The highest BCUT2D eigenvalue weighted by Crippen LogP contribution is 2.26. The third-order valence-corrected chi connectivity index (χ3v) is 6.52. The Morgan fingerprint density at radius 1 is 1.28 bits per heavy atom. The first-order valence-corrected chi connectivity index (χ1v) is 11.1. The van der Waals surface area contributed by atoms with Gasteiger partial charge in [-0.3, -0.25) is 14.5 Å². The Bertz CT molecular complexity index is 899. The lowest BCUT2D eigenvalue weighted by Gasteiger charge is -2.30. The summed E-state index contributed by atoms with van der Waals surface area (Å²) in [6, 6.07) is 1.49. The van der Waals surface area contributed by atoms with Crippen molar-refractivity contribution in [1.82, 2.24) is 24.8 Å². The lowest BCUT2D eigenvalue weighted by Crippen LogP contribution is -2.42. The fourth-order valence-corrected chi connectivity index (χ4v) is 4.86. The minimum Gasteiger partial charge on any atom is -0.379 e. The van der Waals surface area contributed by atoms with E-state index in [0.717, 1.165) is 76.9 Å². The standard InChI is InChI=1S/C19H28N6O3S/c1-14-13-16(26)25-18(21-14)29-19(22-25)24-7-3-15(4-8-24)17(27)20-5-2-6-23-9-11-28-12-10-23/h13,15H,2-12H2,1H3,(H,20,27). The number of rotatable bonds is 6. The SMILES string of the molecule is Cc1cc(=O)n2nc(N3CCC(C(=O)NCCCN4CCOCC4)CC3)sc2n1. The van der Waals surface area contributed by atoms with E-state index in [2.05, 4.69) is 25.2 Å². The van der Waals surface area contributed by atoms with E-state index in [1.807, 2.05) is 6.92 Å². The summed E-state index contributed by atoms with van der Waals surface area (Å²) >= 11 is 1.42. The predicted molar refractivity (Wildman–Crippen MR) is 112 cm³/mol. The molecule has 0 aliphatic carbocycles. The molecular weight excluding hydrogens is 392 g/mol. The minimum absolute atomic E-state index is 0.0482. The Morgan fingerprint density at radius 2 is 2.03 bits per heavy atom. The number of nitrogens with zero attached hydrogens (tertiary/aromatic N) is 5. The average molecular weight is 421 g/mol. The molecule has 2 aliphatic heterocycles. The van der Waals surface area contributed by atoms with Crippen molar-refractivity contribution in [2.75, 3.05) is 57.4 Å². The van der Waals surface area contributed by atoms with Crippen LogP contribution in [0.25, 0.3) is 4.96 Å². The molecule has 29 heavy (non-hydrogen) atoms. The minimum atomic E-state index is -0.152. The number of hydrogen-bond acceptors (Lipinski definition) is 8. The lowest BCUT2D eigenvalue weighted by atomic mass is 9.96. The maximum Gasteiger partial charge on any atom is 0.275 e. The van der Waals surface area contributed by atoms with E-state index in [1.165, 1.54) is 21.9 Å². The van der Waals surface area contributed by atoms with Crippen LogP contribution in [-0.2, 0) is 9.53 Å². The van der Waals surface area contributed by atoms with E-state index in [9.17, 15) is 9.59 Å². The van der Waals surface area contributed by atoms with Gasteiger partial charge in [-0.25, -0.2) is 4.98 Å². The van der Waals surface area contributed by atoms with Crippen molar-refractivity contribution in [1.29, 1.82) is 0 Å². The van der Waals surface area contributed by atoms with Crippen LogP contribution in [-0.4, -0.2) is 77.9 Å². The number of amides is 1. The summed E-state index contributed by atoms with van der Waals surface area (Å²) in [5.41, 5.74) is 0.551. The van der Waals surface area contributed by atoms with Crippen molar-refractivity contribution in [3.8, 4) is 0 Å². The molecule has 9 nitrogen and oxygen atoms in total. The number of aromatic nitrogens is 3. The molecule has 0 atom stereocenters. The first-order chi connectivity index (χ1) is 14.1. The number of anilines is 1. The number of hydrogen-bond donors (Lipinski definition) is 1. The Kier molecular flexibility index (Phi) is 6.41. The van der Waals surface area contributed by atoms with E-state index >= 15 is 0 Å². The molecule has 0 aromatic carbocycles. The van der Waals surface area contributed by atoms with Gasteiger partial charge in [0.1, 0.15) is 0 Å². The van der Waals surface area contributed by atoms with Gasteiger partial charge in [-0.05, 0) is 32.7 Å². The van der Waals surface area contributed by atoms with Gasteiger partial charge in [0, 0.05) is 50.4 Å². The topological polar surface area (TPSA) is 92.1 Å². The van der Waals surface area contributed by atoms with Gasteiger partial charge < -0.3 is 15.0 Å². The third-order valence-electron chi connectivity index (χ3n) is 5.55. The number of nitrogens with one attached hydrogen (secondary N) is 1. The Morgan fingerprint density at radius 3 is 2.79 bits per heavy atom. The highest BCUT2D eigenvalue weighted by molar-refractivity contribution is 7.20. The van der Waals surface area contributed by atoms with E-state index in [0.29, 0.717) is 10.7 Å². The highest BCUT2D eigenvalue weighted by atomic mass is 32.1. The molecule has 1 N–H and O–H groups in total. The lowest BCUT2D eigenvalue weighted by molar-refractivity contribution is -0.125. The summed E-state index contributed by atoms with van der Waals surface area (Å²) in [6.45, 7) is 8.66. The second-order valence-corrected chi connectivity index (χ2v) is 8.61. The van der Waals surface area contributed by atoms with E-state index in [4.69, 9.17) is 4.74 Å². The summed E-state index contributed by atoms with van der Waals surface area (Å²) in [5.74, 6) is 0.205. The largest absolute Gasteiger partial charge is 0.379 e. The summed E-state index contributed by atoms with van der Waals surface area (Å²) in [7, 11) is 0. The molecule has 0 unspecified atom stereocenters. The zero-order valence-corrected chi connectivity index (χ0v) is 17.6. The van der Waals surface area contributed by atoms with Gasteiger partial charge in [-0.15, -0.1) is 5.10 Å². The van der Waals surface area contributed by atoms with Crippen LogP contribution in [0, 0.1) is 12.8 Å². The first-order valence-electron chi connectivity index (χ1n) is 10.3. The van der Waals surface area contributed by atoms with Crippen LogP contribution in [0.15, 0.2) is 10.9 Å². The molecule has 2 fully saturated rings. The van der Waals surface area contributed by atoms with Gasteiger partial charge in [0.05, 0.1) is 13.2 Å². The number of morpholine rings is 1. The molecule has 4 rings (SSSR count). The quantitative estimate of drug-likeness (QED) is 0.681. The maximum absolute atomic E-state index is 12.5. The summed E-state index contributed by atoms with van der Waals surface area (Å²) in [4.78, 5) is 34.1. The number of carbonyl (C=O) groups is 1. The van der Waals surface area contributed by atoms with Gasteiger partial charge in [-0.2, -0.15) is 4.52 Å². The van der Waals surface area contributed by atoms with Crippen LogP contribution in [0.2, 0.25) is 0 Å². The zero-order valence-electron chi connectivity index (χ0n) is 16.8. The van der Waals surface area contributed by atoms with Crippen LogP contribution < -0.4 is 15.8 Å². The molecule has 158 valence electrons. The molecule has 0 bridgehead atoms. The average Bonchev–Trinajstić information content (AvgIpc) is 3.16. The van der Waals surface area contributed by atoms with Crippen LogP contribution in [0.4, 0.5) is 5.13 Å². The number of aryl methyl sites for hydroxylation is 1. The van der Waals surface area contributed by atoms with Crippen molar-refractivity contribution in [2.24, 2.45) is 5.92 Å². The van der Waals surface area contributed by atoms with E-state index in [-0.39, 0.29) is 17.4 Å². The van der Waals surface area contributed by atoms with Crippen molar-refractivity contribution in [3.63, 3.8) is 0 Å². The molecule has 0 saturated carbocycles. The highest BCUT2D eigenvalue weighted by Gasteiger charge is 2.26. The van der Waals surface area contributed by atoms with Crippen LogP contribution in [0.1, 0.15) is 25.0 Å². The number of carbonyl (C=O) groups excluding carboxylic acids is 1. The molecule has 2 aromatic heterocycles. The molecule has 0 spiro atoms. The molecule has 0 radical (unpaired) electrons. The maximum atomic E-state index is 12.5. The van der Waals surface area contributed by atoms with E-state index in [1.54, 1.807) is 0 Å². The smallest absolute Gasteiger partial charge is 0.275 e. The molecule has 2 saturated heterocycles. The molecule has 2 aromatic rings. The second kappa shape index (κ2) is 9.19. The molecule has 2 aliphatic rings. The second-order valence-electron chi connectivity index (χ2n) is 7.67. The summed E-state index contributed by atoms with van der Waals surface area (Å²) in [5, 5.41) is 8.32. The van der Waals surface area contributed by atoms with Crippen molar-refractivity contribution >= 4 is 27.3 Å². The van der Waals surface area contributed by atoms with Gasteiger partial charge in [0.25, 0.3) is 5.56 Å². The van der Waals surface area contributed by atoms with Crippen LogP contribution in [0.5, 0.6) is 0 Å². The van der Waals surface area contributed by atoms with E-state index < -0.39 is 0 Å². The first kappa shape index (κ1) is 20.2. The monoisotopic (exact) mass is 420 g/mol. The summed E-state index contributed by atoms with van der Waals surface area (Å²) < 4.78 is 6.71. The van der Waals surface area contributed by atoms with Crippen LogP contribution >= 0.6 is 11.3 Å². The number of ether oxygens (including phenoxy) is 1. The van der Waals surface area contributed by atoms with Crippen molar-refractivity contribution in [2.45, 2.75) is 26.2 Å². The van der Waals surface area contributed by atoms with Gasteiger partial charge >= 0.3 is 0 Å². The number of fused-ring (bicyclic) bond motifs is 1. The van der Waals surface area contributed by atoms with Crippen LogP contribution in [0.3, 0.4) is 0 Å². The summed E-state index contributed by atoms with van der Waals surface area (Å²) in [6.07, 6.45) is 2.57. The fourth-order valence-electron chi connectivity index (χ4n) is 3.85. The molecule has 1 amide bonds. The normalized spacial score (nSPS) is 19.0. The molecular formula is C19H28N6O3S. The third kappa shape index (κ3) is 4.93. The van der Waals surface area contributed by atoms with Gasteiger partial charge in [0.2, 0.25) is 16.0 Å². The zero-order chi connectivity index (χ0) is 20.2. The van der Waals surface area contributed by atoms with Crippen molar-refractivity contribution in [3.05, 3.63) is 22.1 Å². The molecule has 10 heteroatoms. The Balaban J connectivity index is 1.23.